The van der Waals surface area contributed by atoms with E-state index < -0.39 is 91.2 Å². The maximum atomic E-state index is 13.5. The number of carboxylic acid groups (broad SMARTS) is 1. The second-order valence-corrected chi connectivity index (χ2v) is 12.1. The third kappa shape index (κ3) is 14.2. The standard InChI is InChI=1S/C37H45N7O9/c1-39-27(20-32(47)48)35(51)43-28(18-24-13-7-3-8-14-24)34(50)40-21-31(46)41-29(19-25-15-9-4-10-16-25)36(52)44-30(22-45)37(53)42-26(33(38)49)17-23-11-5-2-6-12-23/h2-16,26-30,39,45H,17-22H2,1H3,(H2,38,49)(H,40,50)(H,41,46)(H,42,53)(H,43,51)(H,44,52)(H,47,48)/p-1/t26-,27-,28?,29-,30-/m0/s1. The fourth-order valence-electron chi connectivity index (χ4n) is 5.23. The molecule has 16 nitrogen and oxygen atoms in total. The van der Waals surface area contributed by atoms with E-state index in [-0.39, 0.29) is 19.3 Å². The van der Waals surface area contributed by atoms with Gasteiger partial charge in [-0.1, -0.05) is 91.0 Å². The molecule has 0 spiro atoms. The molecule has 9 N–H and O–H groups in total. The van der Waals surface area contributed by atoms with E-state index in [9.17, 15) is 43.8 Å². The molecule has 0 fully saturated rings. The summed E-state index contributed by atoms with van der Waals surface area (Å²) in [5.41, 5.74) is 7.53. The highest BCUT2D eigenvalue weighted by atomic mass is 16.4. The molecule has 0 saturated heterocycles. The van der Waals surface area contributed by atoms with Gasteiger partial charge >= 0.3 is 0 Å². The SMILES string of the molecule is CN[C@@H](CC(=O)[O-])C(=O)NC(Cc1ccccc1)C(=O)NCC(=O)N[C@@H](Cc1ccccc1)C(=O)N[C@@H](CO)C(=O)N[C@@H](Cc1ccccc1)C(N)=O. The average Bonchev–Trinajstić information content (AvgIpc) is 3.15. The Morgan fingerprint density at radius 2 is 0.981 bits per heavy atom. The number of aliphatic hydroxyl groups is 1. The highest BCUT2D eigenvalue weighted by molar-refractivity contribution is 5.96. The summed E-state index contributed by atoms with van der Waals surface area (Å²) in [7, 11) is 1.38. The number of nitrogens with two attached hydrogens (primary N) is 1. The minimum absolute atomic E-state index is 0.00734. The molecule has 0 aliphatic rings. The molecule has 0 radical (unpaired) electrons. The van der Waals surface area contributed by atoms with Gasteiger partial charge in [0.25, 0.3) is 0 Å². The van der Waals surface area contributed by atoms with Gasteiger partial charge in [0.1, 0.15) is 24.2 Å². The van der Waals surface area contributed by atoms with E-state index >= 15 is 0 Å². The first-order valence-electron chi connectivity index (χ1n) is 16.8. The van der Waals surface area contributed by atoms with Crippen molar-refractivity contribution in [1.29, 1.82) is 0 Å². The summed E-state index contributed by atoms with van der Waals surface area (Å²) in [6, 6.07) is 19.7. The smallest absolute Gasteiger partial charge is 0.245 e. The second-order valence-electron chi connectivity index (χ2n) is 12.1. The number of primary amides is 1. The first-order valence-corrected chi connectivity index (χ1v) is 16.8. The van der Waals surface area contributed by atoms with Crippen molar-refractivity contribution in [3.63, 3.8) is 0 Å². The van der Waals surface area contributed by atoms with E-state index in [0.717, 1.165) is 0 Å². The fraction of sp³-hybridized carbons (Fsp3) is 0.324. The van der Waals surface area contributed by atoms with Crippen LogP contribution in [0.15, 0.2) is 91.0 Å². The lowest BCUT2D eigenvalue weighted by Crippen LogP contribution is -2.59. The van der Waals surface area contributed by atoms with Crippen LogP contribution in [0.4, 0.5) is 0 Å². The zero-order chi connectivity index (χ0) is 38.8. The van der Waals surface area contributed by atoms with Crippen LogP contribution in [0.3, 0.4) is 0 Å². The summed E-state index contributed by atoms with van der Waals surface area (Å²) in [5.74, 6) is -6.37. The number of nitrogens with one attached hydrogen (secondary N) is 6. The minimum atomic E-state index is -1.52. The number of hydrogen-bond donors (Lipinski definition) is 8. The zero-order valence-corrected chi connectivity index (χ0v) is 29.1. The third-order valence-corrected chi connectivity index (χ3v) is 8.07. The van der Waals surface area contributed by atoms with Gasteiger partial charge in [-0.25, -0.2) is 0 Å². The molecule has 0 bridgehead atoms. The molecule has 16 heteroatoms. The van der Waals surface area contributed by atoms with Gasteiger partial charge in [-0.2, -0.15) is 0 Å². The Morgan fingerprint density at radius 3 is 1.42 bits per heavy atom. The largest absolute Gasteiger partial charge is 0.550 e. The maximum Gasteiger partial charge on any atom is 0.245 e. The van der Waals surface area contributed by atoms with Gasteiger partial charge in [-0.05, 0) is 23.7 Å². The van der Waals surface area contributed by atoms with Gasteiger partial charge in [-0.15, -0.1) is 0 Å². The molecule has 5 atom stereocenters. The maximum absolute atomic E-state index is 13.5. The van der Waals surface area contributed by atoms with Crippen molar-refractivity contribution in [2.45, 2.75) is 55.9 Å². The molecular weight excluding hydrogens is 686 g/mol. The average molecular weight is 731 g/mol. The van der Waals surface area contributed by atoms with Crippen LogP contribution in [0.25, 0.3) is 0 Å². The molecule has 3 rings (SSSR count). The number of benzene rings is 3. The summed E-state index contributed by atoms with van der Waals surface area (Å²) in [6.45, 7) is -1.47. The molecule has 0 aliphatic heterocycles. The van der Waals surface area contributed by atoms with Gasteiger partial charge < -0.3 is 52.6 Å². The quantitative estimate of drug-likeness (QED) is 0.0550. The monoisotopic (exact) mass is 730 g/mol. The minimum Gasteiger partial charge on any atom is -0.550 e. The molecule has 0 aromatic heterocycles. The summed E-state index contributed by atoms with van der Waals surface area (Å²) in [6.07, 6.45) is -0.611. The molecule has 3 aromatic rings. The van der Waals surface area contributed by atoms with Gasteiger partial charge in [0.2, 0.25) is 35.4 Å². The number of carbonyl (C=O) groups is 7. The third-order valence-electron chi connectivity index (χ3n) is 8.07. The predicted molar refractivity (Wildman–Crippen MR) is 190 cm³/mol. The number of likely N-dealkylation sites (N-methyl/N-ethyl adjacent to an activating group) is 1. The Kier molecular flexibility index (Phi) is 16.6. The topological polar surface area (TPSA) is 261 Å². The molecule has 1 unspecified atom stereocenters. The summed E-state index contributed by atoms with van der Waals surface area (Å²) < 4.78 is 0. The molecule has 282 valence electrons. The summed E-state index contributed by atoms with van der Waals surface area (Å²) >= 11 is 0. The van der Waals surface area contributed by atoms with E-state index in [2.05, 4.69) is 31.9 Å². The molecule has 6 amide bonds. The van der Waals surface area contributed by atoms with Crippen molar-refractivity contribution in [2.24, 2.45) is 5.73 Å². The van der Waals surface area contributed by atoms with Crippen LogP contribution in [0, 0.1) is 0 Å². The Bertz CT molecular complexity index is 1690. The summed E-state index contributed by atoms with van der Waals surface area (Å²) in [4.78, 5) is 89.1. The van der Waals surface area contributed by atoms with Crippen LogP contribution >= 0.6 is 0 Å². The molecule has 3 aromatic carbocycles. The van der Waals surface area contributed by atoms with Crippen molar-refractivity contribution in [3.05, 3.63) is 108 Å². The van der Waals surface area contributed by atoms with E-state index in [1.54, 1.807) is 91.0 Å². The molecule has 0 heterocycles. The van der Waals surface area contributed by atoms with Crippen LogP contribution in [0.1, 0.15) is 23.1 Å². The Balaban J connectivity index is 1.70. The van der Waals surface area contributed by atoms with Gasteiger partial charge in [0.15, 0.2) is 0 Å². The van der Waals surface area contributed by atoms with Gasteiger partial charge in [-0.3, -0.25) is 28.8 Å². The van der Waals surface area contributed by atoms with Gasteiger partial charge in [0.05, 0.1) is 19.2 Å². The van der Waals surface area contributed by atoms with Crippen LogP contribution < -0.4 is 42.7 Å². The van der Waals surface area contributed by atoms with Crippen LogP contribution in [-0.4, -0.2) is 96.9 Å². The molecule has 0 aliphatic carbocycles. The van der Waals surface area contributed by atoms with Gasteiger partial charge in [0, 0.05) is 31.7 Å². The van der Waals surface area contributed by atoms with E-state index in [1.807, 2.05) is 0 Å². The van der Waals surface area contributed by atoms with Crippen molar-refractivity contribution in [2.75, 3.05) is 20.2 Å². The van der Waals surface area contributed by atoms with Crippen molar-refractivity contribution in [1.82, 2.24) is 31.9 Å². The molecule has 53 heavy (non-hydrogen) atoms. The van der Waals surface area contributed by atoms with E-state index in [1.165, 1.54) is 7.05 Å². The number of rotatable bonds is 21. The number of carboxylic acids is 1. The van der Waals surface area contributed by atoms with Crippen molar-refractivity contribution in [3.8, 4) is 0 Å². The Labute approximate surface area is 306 Å². The summed E-state index contributed by atoms with van der Waals surface area (Å²) in [5, 5.41) is 36.0. The van der Waals surface area contributed by atoms with Crippen LogP contribution in [0.5, 0.6) is 0 Å². The Hall–Kier alpha value is -6.13. The first-order chi connectivity index (χ1) is 25.4. The van der Waals surface area contributed by atoms with Crippen LogP contribution in [0.2, 0.25) is 0 Å². The normalized spacial score (nSPS) is 13.5. The molecule has 0 saturated carbocycles. The zero-order valence-electron chi connectivity index (χ0n) is 29.1. The lowest BCUT2D eigenvalue weighted by Gasteiger charge is -2.24. The molecular formula is C37H44N7O9-. The highest BCUT2D eigenvalue weighted by Gasteiger charge is 2.30. The van der Waals surface area contributed by atoms with Crippen LogP contribution in [-0.2, 0) is 52.8 Å². The fourth-order valence-corrected chi connectivity index (χ4v) is 5.23. The Morgan fingerprint density at radius 1 is 0.585 bits per heavy atom. The number of hydrogen-bond acceptors (Lipinski definition) is 10. The second kappa shape index (κ2) is 21.3. The number of aliphatic hydroxyl groups excluding tert-OH is 1. The van der Waals surface area contributed by atoms with E-state index in [4.69, 9.17) is 5.73 Å². The lowest BCUT2D eigenvalue weighted by atomic mass is 10.0. The predicted octanol–water partition coefficient (Wildman–Crippen LogP) is -3.02. The number of carbonyl (C=O) groups excluding carboxylic acids is 7. The number of aliphatic carboxylic acids is 1. The highest BCUT2D eigenvalue weighted by Crippen LogP contribution is 2.07. The lowest BCUT2D eigenvalue weighted by molar-refractivity contribution is -0.306. The first kappa shape index (κ1) is 41.3. The van der Waals surface area contributed by atoms with Crippen molar-refractivity contribution < 1.29 is 43.8 Å². The van der Waals surface area contributed by atoms with E-state index in [0.29, 0.717) is 16.7 Å². The number of amides is 6. The van der Waals surface area contributed by atoms with Crippen molar-refractivity contribution >= 4 is 41.4 Å².